The molecule has 0 fully saturated rings. The molecular formula is C15H20BrNOS. The van der Waals surface area contributed by atoms with Crippen LogP contribution in [0.5, 0.6) is 5.75 Å². The van der Waals surface area contributed by atoms with Crippen molar-refractivity contribution >= 4 is 27.7 Å². The third kappa shape index (κ3) is 6.38. The van der Waals surface area contributed by atoms with E-state index in [4.69, 9.17) is 11.2 Å². The van der Waals surface area contributed by atoms with E-state index in [1.807, 2.05) is 23.9 Å². The van der Waals surface area contributed by atoms with E-state index in [0.717, 1.165) is 28.8 Å². The minimum Gasteiger partial charge on any atom is -0.481 e. The van der Waals surface area contributed by atoms with Gasteiger partial charge in [0.15, 0.2) is 0 Å². The number of nitrogens with one attached hydrogen (secondary N) is 1. The molecule has 1 N–H and O–H groups in total. The predicted octanol–water partition coefficient (Wildman–Crippen LogP) is 3.69. The molecule has 0 heterocycles. The Bertz CT molecular complexity index is 431. The topological polar surface area (TPSA) is 21.3 Å². The van der Waals surface area contributed by atoms with Gasteiger partial charge < -0.3 is 10.1 Å². The molecule has 0 aliphatic carbocycles. The first-order valence-electron chi connectivity index (χ1n) is 6.24. The number of terminal acetylenes is 1. The Morgan fingerprint density at radius 1 is 1.53 bits per heavy atom. The molecule has 1 rings (SSSR count). The molecule has 19 heavy (non-hydrogen) atoms. The maximum Gasteiger partial charge on any atom is 0.148 e. The van der Waals surface area contributed by atoms with Crippen molar-refractivity contribution in [1.29, 1.82) is 0 Å². The first-order valence-corrected chi connectivity index (χ1v) is 8.43. The van der Waals surface area contributed by atoms with E-state index in [9.17, 15) is 0 Å². The van der Waals surface area contributed by atoms with Crippen molar-refractivity contribution in [3.8, 4) is 18.1 Å². The Labute approximate surface area is 128 Å². The summed E-state index contributed by atoms with van der Waals surface area (Å²) in [5.41, 5.74) is 1.13. The van der Waals surface area contributed by atoms with Gasteiger partial charge in [-0.3, -0.25) is 0 Å². The molecule has 0 aliphatic rings. The summed E-state index contributed by atoms with van der Waals surface area (Å²) in [6, 6.07) is 6.48. The molecular weight excluding hydrogens is 322 g/mol. The SMILES string of the molecule is C#CCOc1ccc(Br)cc1CNC(C)CCSC. The van der Waals surface area contributed by atoms with E-state index in [1.165, 1.54) is 5.75 Å². The van der Waals surface area contributed by atoms with Crippen LogP contribution in [0.3, 0.4) is 0 Å². The molecule has 1 unspecified atom stereocenters. The lowest BCUT2D eigenvalue weighted by Crippen LogP contribution is -2.26. The van der Waals surface area contributed by atoms with Gasteiger partial charge in [0, 0.05) is 22.6 Å². The summed E-state index contributed by atoms with van der Waals surface area (Å²) >= 11 is 5.36. The van der Waals surface area contributed by atoms with Crippen molar-refractivity contribution < 1.29 is 4.74 Å². The predicted molar refractivity (Wildman–Crippen MR) is 87.8 cm³/mol. The Kier molecular flexibility index (Phi) is 8.04. The monoisotopic (exact) mass is 341 g/mol. The normalized spacial score (nSPS) is 11.9. The molecule has 0 aromatic heterocycles. The fourth-order valence-electron chi connectivity index (χ4n) is 1.63. The Hall–Kier alpha value is -0.630. The number of hydrogen-bond acceptors (Lipinski definition) is 3. The van der Waals surface area contributed by atoms with E-state index >= 15 is 0 Å². The van der Waals surface area contributed by atoms with Crippen molar-refractivity contribution in [2.45, 2.75) is 25.9 Å². The second-order valence-electron chi connectivity index (χ2n) is 4.31. The molecule has 0 aliphatic heterocycles. The highest BCUT2D eigenvalue weighted by Gasteiger charge is 2.07. The smallest absolute Gasteiger partial charge is 0.148 e. The third-order valence-electron chi connectivity index (χ3n) is 2.73. The van der Waals surface area contributed by atoms with Gasteiger partial charge in [-0.25, -0.2) is 0 Å². The van der Waals surface area contributed by atoms with Gasteiger partial charge in [0.2, 0.25) is 0 Å². The van der Waals surface area contributed by atoms with Crippen LogP contribution in [0, 0.1) is 12.3 Å². The number of thioether (sulfide) groups is 1. The van der Waals surface area contributed by atoms with Gasteiger partial charge in [-0.2, -0.15) is 11.8 Å². The molecule has 0 saturated heterocycles. The largest absolute Gasteiger partial charge is 0.481 e. The number of halogens is 1. The summed E-state index contributed by atoms with van der Waals surface area (Å²) in [5.74, 6) is 4.52. The molecule has 0 spiro atoms. The van der Waals surface area contributed by atoms with Gasteiger partial charge in [-0.05, 0) is 43.6 Å². The van der Waals surface area contributed by atoms with Crippen LogP contribution in [0.25, 0.3) is 0 Å². The van der Waals surface area contributed by atoms with Gasteiger partial charge >= 0.3 is 0 Å². The fraction of sp³-hybridized carbons (Fsp3) is 0.467. The molecule has 104 valence electrons. The number of rotatable bonds is 8. The fourth-order valence-corrected chi connectivity index (χ4v) is 2.63. The summed E-state index contributed by atoms with van der Waals surface area (Å²) in [7, 11) is 0. The van der Waals surface area contributed by atoms with E-state index in [-0.39, 0.29) is 0 Å². The van der Waals surface area contributed by atoms with Crippen molar-refractivity contribution in [3.63, 3.8) is 0 Å². The highest BCUT2D eigenvalue weighted by Crippen LogP contribution is 2.23. The van der Waals surface area contributed by atoms with Crippen molar-refractivity contribution in [2.75, 3.05) is 18.6 Å². The van der Waals surface area contributed by atoms with E-state index in [0.29, 0.717) is 12.6 Å². The molecule has 0 radical (unpaired) electrons. The van der Waals surface area contributed by atoms with Crippen LogP contribution in [-0.2, 0) is 6.54 Å². The van der Waals surface area contributed by atoms with Crippen LogP contribution >= 0.6 is 27.7 Å². The van der Waals surface area contributed by atoms with Crippen LogP contribution in [0.4, 0.5) is 0 Å². The summed E-state index contributed by atoms with van der Waals surface area (Å²) in [4.78, 5) is 0. The number of benzene rings is 1. The first kappa shape index (κ1) is 16.4. The molecule has 0 saturated carbocycles. The van der Waals surface area contributed by atoms with Gasteiger partial charge in [-0.1, -0.05) is 21.9 Å². The maximum absolute atomic E-state index is 5.55. The molecule has 1 atom stereocenters. The molecule has 2 nitrogen and oxygen atoms in total. The van der Waals surface area contributed by atoms with Gasteiger partial charge in [0.25, 0.3) is 0 Å². The van der Waals surface area contributed by atoms with Crippen molar-refractivity contribution in [2.24, 2.45) is 0 Å². The summed E-state index contributed by atoms with van der Waals surface area (Å²) in [5, 5.41) is 3.51. The van der Waals surface area contributed by atoms with E-state index in [1.54, 1.807) is 0 Å². The standard InChI is InChI=1S/C15H20BrNOS/c1-4-8-18-15-6-5-14(16)10-13(15)11-17-12(2)7-9-19-3/h1,5-6,10,12,17H,7-9,11H2,2-3H3. The zero-order chi connectivity index (χ0) is 14.1. The summed E-state index contributed by atoms with van der Waals surface area (Å²) in [6.07, 6.45) is 8.53. The minimum absolute atomic E-state index is 0.302. The maximum atomic E-state index is 5.55. The molecule has 1 aromatic carbocycles. The van der Waals surface area contributed by atoms with Crippen molar-refractivity contribution in [3.05, 3.63) is 28.2 Å². The van der Waals surface area contributed by atoms with Crippen LogP contribution in [0.2, 0.25) is 0 Å². The van der Waals surface area contributed by atoms with Crippen LogP contribution in [0.1, 0.15) is 18.9 Å². The summed E-state index contributed by atoms with van der Waals surface area (Å²) < 4.78 is 6.60. The average Bonchev–Trinajstić information content (AvgIpc) is 2.41. The second kappa shape index (κ2) is 9.30. The Morgan fingerprint density at radius 3 is 3.00 bits per heavy atom. The number of hydrogen-bond donors (Lipinski definition) is 1. The first-order chi connectivity index (χ1) is 9.17. The minimum atomic E-state index is 0.302. The lowest BCUT2D eigenvalue weighted by molar-refractivity contribution is 0.363. The highest BCUT2D eigenvalue weighted by atomic mass is 79.9. The van der Waals surface area contributed by atoms with Gasteiger partial charge in [0.05, 0.1) is 0 Å². The van der Waals surface area contributed by atoms with Crippen LogP contribution in [-0.4, -0.2) is 24.7 Å². The Morgan fingerprint density at radius 2 is 2.32 bits per heavy atom. The van der Waals surface area contributed by atoms with Crippen molar-refractivity contribution in [1.82, 2.24) is 5.32 Å². The van der Waals surface area contributed by atoms with E-state index < -0.39 is 0 Å². The van der Waals surface area contributed by atoms with Gasteiger partial charge in [0.1, 0.15) is 12.4 Å². The van der Waals surface area contributed by atoms with E-state index in [2.05, 4.69) is 46.4 Å². The zero-order valence-corrected chi connectivity index (χ0v) is 13.8. The van der Waals surface area contributed by atoms with Gasteiger partial charge in [-0.15, -0.1) is 6.42 Å². The average molecular weight is 342 g/mol. The second-order valence-corrected chi connectivity index (χ2v) is 6.21. The molecule has 0 bridgehead atoms. The molecule has 4 heteroatoms. The van der Waals surface area contributed by atoms with Crippen LogP contribution in [0.15, 0.2) is 22.7 Å². The third-order valence-corrected chi connectivity index (χ3v) is 3.87. The quantitative estimate of drug-likeness (QED) is 0.728. The lowest BCUT2D eigenvalue weighted by Gasteiger charge is -2.15. The number of ether oxygens (including phenoxy) is 1. The Balaban J connectivity index is 2.60. The van der Waals surface area contributed by atoms with Crippen LogP contribution < -0.4 is 10.1 Å². The summed E-state index contributed by atoms with van der Waals surface area (Å²) in [6.45, 7) is 3.29. The lowest BCUT2D eigenvalue weighted by atomic mass is 10.2. The molecule has 1 aromatic rings. The highest BCUT2D eigenvalue weighted by molar-refractivity contribution is 9.10. The molecule has 0 amide bonds. The zero-order valence-electron chi connectivity index (χ0n) is 11.4.